The normalized spacial score (nSPS) is 13.6. The standard InChI is InChI=1S/C12H16FNO3S/c1-8(2)12(9(3)15)14-18(16,17)11-6-4-10(13)5-7-11/h4-8,12,14H,1-3H3. The molecule has 18 heavy (non-hydrogen) atoms. The lowest BCUT2D eigenvalue weighted by Crippen LogP contribution is -2.43. The summed E-state index contributed by atoms with van der Waals surface area (Å²) in [6.45, 7) is 4.83. The van der Waals surface area contributed by atoms with Crippen LogP contribution in [0.4, 0.5) is 4.39 Å². The predicted octanol–water partition coefficient (Wildman–Crippen LogP) is 1.72. The molecule has 100 valence electrons. The first-order valence-electron chi connectivity index (χ1n) is 5.52. The fourth-order valence-corrected chi connectivity index (χ4v) is 2.94. The quantitative estimate of drug-likeness (QED) is 0.888. The number of hydrogen-bond donors (Lipinski definition) is 1. The Kier molecular flexibility index (Phi) is 4.59. The molecule has 0 heterocycles. The first-order valence-corrected chi connectivity index (χ1v) is 7.00. The van der Waals surface area contributed by atoms with Crippen molar-refractivity contribution in [2.45, 2.75) is 31.7 Å². The lowest BCUT2D eigenvalue weighted by atomic mass is 10.0. The van der Waals surface area contributed by atoms with E-state index in [1.54, 1.807) is 13.8 Å². The number of Topliss-reactive ketones (excluding diaryl/α,β-unsaturated/α-hetero) is 1. The fraction of sp³-hybridized carbons (Fsp3) is 0.417. The number of nitrogens with one attached hydrogen (secondary N) is 1. The molecule has 0 saturated carbocycles. The molecule has 0 fully saturated rings. The Labute approximate surface area is 106 Å². The lowest BCUT2D eigenvalue weighted by Gasteiger charge is -2.19. The van der Waals surface area contributed by atoms with Gasteiger partial charge in [-0.3, -0.25) is 4.79 Å². The monoisotopic (exact) mass is 273 g/mol. The van der Waals surface area contributed by atoms with Crippen molar-refractivity contribution < 1.29 is 17.6 Å². The van der Waals surface area contributed by atoms with Gasteiger partial charge in [-0.25, -0.2) is 17.5 Å². The molecule has 0 aliphatic rings. The van der Waals surface area contributed by atoms with E-state index < -0.39 is 21.9 Å². The second kappa shape index (κ2) is 5.58. The SMILES string of the molecule is CC(=O)C(NS(=O)(=O)c1ccc(F)cc1)C(C)C. The maximum absolute atomic E-state index is 12.7. The van der Waals surface area contributed by atoms with E-state index in [0.717, 1.165) is 24.3 Å². The van der Waals surface area contributed by atoms with E-state index in [-0.39, 0.29) is 16.6 Å². The number of halogens is 1. The van der Waals surface area contributed by atoms with Crippen molar-refractivity contribution in [3.63, 3.8) is 0 Å². The number of benzene rings is 1. The molecule has 6 heteroatoms. The van der Waals surface area contributed by atoms with Crippen molar-refractivity contribution in [3.05, 3.63) is 30.1 Å². The number of rotatable bonds is 5. The van der Waals surface area contributed by atoms with Crippen LogP contribution in [0.1, 0.15) is 20.8 Å². The Morgan fingerprint density at radius 2 is 1.72 bits per heavy atom. The average molecular weight is 273 g/mol. The van der Waals surface area contributed by atoms with Gasteiger partial charge in [0.1, 0.15) is 11.6 Å². The van der Waals surface area contributed by atoms with Gasteiger partial charge in [0.05, 0.1) is 10.9 Å². The van der Waals surface area contributed by atoms with Crippen LogP contribution in [0.25, 0.3) is 0 Å². The Hall–Kier alpha value is -1.27. The van der Waals surface area contributed by atoms with Crippen LogP contribution in [0.5, 0.6) is 0 Å². The Morgan fingerprint density at radius 3 is 2.11 bits per heavy atom. The smallest absolute Gasteiger partial charge is 0.241 e. The molecular formula is C12H16FNO3S. The summed E-state index contributed by atoms with van der Waals surface area (Å²) in [5.41, 5.74) is 0. The molecule has 0 aromatic heterocycles. The molecule has 0 bridgehead atoms. The largest absolute Gasteiger partial charge is 0.298 e. The van der Waals surface area contributed by atoms with E-state index in [0.29, 0.717) is 0 Å². The second-order valence-corrected chi connectivity index (χ2v) is 6.12. The van der Waals surface area contributed by atoms with Crippen molar-refractivity contribution in [2.24, 2.45) is 5.92 Å². The van der Waals surface area contributed by atoms with E-state index in [2.05, 4.69) is 4.72 Å². The molecule has 1 aromatic carbocycles. The van der Waals surface area contributed by atoms with Crippen molar-refractivity contribution in [1.29, 1.82) is 0 Å². The highest BCUT2D eigenvalue weighted by Gasteiger charge is 2.25. The van der Waals surface area contributed by atoms with Crippen LogP contribution < -0.4 is 4.72 Å². The minimum absolute atomic E-state index is 0.0594. The summed E-state index contributed by atoms with van der Waals surface area (Å²) in [6, 6.07) is 3.67. The molecule has 4 nitrogen and oxygen atoms in total. The van der Waals surface area contributed by atoms with E-state index in [1.807, 2.05) is 0 Å². The zero-order chi connectivity index (χ0) is 13.9. The topological polar surface area (TPSA) is 63.2 Å². The lowest BCUT2D eigenvalue weighted by molar-refractivity contribution is -0.119. The maximum Gasteiger partial charge on any atom is 0.241 e. The van der Waals surface area contributed by atoms with Crippen LogP contribution in [0.2, 0.25) is 0 Å². The Balaban J connectivity index is 3.01. The van der Waals surface area contributed by atoms with Gasteiger partial charge in [0.15, 0.2) is 0 Å². The Morgan fingerprint density at radius 1 is 1.22 bits per heavy atom. The molecule has 0 spiro atoms. The van der Waals surface area contributed by atoms with Crippen LogP contribution in [0.15, 0.2) is 29.2 Å². The van der Waals surface area contributed by atoms with Crippen molar-refractivity contribution in [2.75, 3.05) is 0 Å². The summed E-state index contributed by atoms with van der Waals surface area (Å²) >= 11 is 0. The summed E-state index contributed by atoms with van der Waals surface area (Å²) in [7, 11) is -3.80. The van der Waals surface area contributed by atoms with E-state index in [9.17, 15) is 17.6 Å². The van der Waals surface area contributed by atoms with Gasteiger partial charge in [0.2, 0.25) is 10.0 Å². The van der Waals surface area contributed by atoms with Crippen molar-refractivity contribution in [1.82, 2.24) is 4.72 Å². The predicted molar refractivity (Wildman–Crippen MR) is 66.0 cm³/mol. The first kappa shape index (κ1) is 14.8. The molecule has 0 saturated heterocycles. The van der Waals surface area contributed by atoms with Gasteiger partial charge < -0.3 is 0 Å². The number of ketones is 1. The van der Waals surface area contributed by atoms with E-state index in [1.165, 1.54) is 6.92 Å². The third-order valence-electron chi connectivity index (χ3n) is 2.51. The van der Waals surface area contributed by atoms with Crippen molar-refractivity contribution in [3.8, 4) is 0 Å². The third-order valence-corrected chi connectivity index (χ3v) is 3.97. The molecule has 1 unspecified atom stereocenters. The minimum atomic E-state index is -3.80. The first-order chi connectivity index (χ1) is 8.24. The summed E-state index contributed by atoms with van der Waals surface area (Å²) in [5.74, 6) is -0.922. The van der Waals surface area contributed by atoms with Crippen LogP contribution in [-0.4, -0.2) is 20.2 Å². The summed E-state index contributed by atoms with van der Waals surface area (Å²) in [5, 5.41) is 0. The summed E-state index contributed by atoms with van der Waals surface area (Å²) in [6.07, 6.45) is 0. The summed E-state index contributed by atoms with van der Waals surface area (Å²) < 4.78 is 39.0. The zero-order valence-corrected chi connectivity index (χ0v) is 11.3. The van der Waals surface area contributed by atoms with Gasteiger partial charge in [-0.15, -0.1) is 0 Å². The molecule has 1 aromatic rings. The van der Waals surface area contributed by atoms with Crippen LogP contribution in [0.3, 0.4) is 0 Å². The number of sulfonamides is 1. The molecular weight excluding hydrogens is 257 g/mol. The molecule has 0 aliphatic carbocycles. The fourth-order valence-electron chi connectivity index (χ4n) is 1.54. The molecule has 1 N–H and O–H groups in total. The summed E-state index contributed by atoms with van der Waals surface area (Å²) in [4.78, 5) is 11.3. The average Bonchev–Trinajstić information content (AvgIpc) is 2.26. The van der Waals surface area contributed by atoms with Crippen molar-refractivity contribution >= 4 is 15.8 Å². The van der Waals surface area contributed by atoms with Gasteiger partial charge >= 0.3 is 0 Å². The van der Waals surface area contributed by atoms with E-state index >= 15 is 0 Å². The third kappa shape index (κ3) is 3.61. The molecule has 1 atom stereocenters. The van der Waals surface area contributed by atoms with E-state index in [4.69, 9.17) is 0 Å². The highest BCUT2D eigenvalue weighted by Crippen LogP contribution is 2.13. The highest BCUT2D eigenvalue weighted by atomic mass is 32.2. The maximum atomic E-state index is 12.7. The molecule has 1 rings (SSSR count). The number of carbonyl (C=O) groups excluding carboxylic acids is 1. The van der Waals surface area contributed by atoms with Gasteiger partial charge in [0.25, 0.3) is 0 Å². The van der Waals surface area contributed by atoms with Gasteiger partial charge in [-0.1, -0.05) is 13.8 Å². The zero-order valence-electron chi connectivity index (χ0n) is 10.5. The minimum Gasteiger partial charge on any atom is -0.298 e. The molecule has 0 radical (unpaired) electrons. The number of hydrogen-bond acceptors (Lipinski definition) is 3. The van der Waals surface area contributed by atoms with Gasteiger partial charge in [-0.05, 0) is 37.1 Å². The van der Waals surface area contributed by atoms with Crippen LogP contribution in [-0.2, 0) is 14.8 Å². The second-order valence-electron chi connectivity index (χ2n) is 4.41. The van der Waals surface area contributed by atoms with Gasteiger partial charge in [-0.2, -0.15) is 0 Å². The molecule has 0 aliphatic heterocycles. The van der Waals surface area contributed by atoms with Gasteiger partial charge in [0, 0.05) is 0 Å². The van der Waals surface area contributed by atoms with Crippen LogP contribution >= 0.6 is 0 Å². The highest BCUT2D eigenvalue weighted by molar-refractivity contribution is 7.89. The Bertz CT molecular complexity index is 523. The molecule has 0 amide bonds. The number of carbonyl (C=O) groups is 1. The van der Waals surface area contributed by atoms with Crippen LogP contribution in [0, 0.1) is 11.7 Å².